The summed E-state index contributed by atoms with van der Waals surface area (Å²) in [5, 5.41) is 3.15. The van der Waals surface area contributed by atoms with Gasteiger partial charge in [0.25, 0.3) is 0 Å². The quantitative estimate of drug-likeness (QED) is 0.687. The molecule has 1 aliphatic carbocycles. The molecule has 12 heavy (non-hydrogen) atoms. The SMILES string of the molecule is O=C(CC1CCCC1)C1CNC1. The molecule has 0 aromatic rings. The largest absolute Gasteiger partial charge is 0.315 e. The molecule has 68 valence electrons. The lowest BCUT2D eigenvalue weighted by molar-refractivity contribution is -0.125. The van der Waals surface area contributed by atoms with Crippen LogP contribution >= 0.6 is 0 Å². The highest BCUT2D eigenvalue weighted by Crippen LogP contribution is 2.28. The fourth-order valence-corrected chi connectivity index (χ4v) is 2.18. The molecule has 0 aromatic heterocycles. The van der Waals surface area contributed by atoms with Crippen molar-refractivity contribution in [3.05, 3.63) is 0 Å². The van der Waals surface area contributed by atoms with Crippen LogP contribution in [-0.4, -0.2) is 18.9 Å². The molecule has 0 radical (unpaired) electrons. The monoisotopic (exact) mass is 167 g/mol. The number of carbonyl (C=O) groups excluding carboxylic acids is 1. The Morgan fingerprint density at radius 2 is 1.92 bits per heavy atom. The van der Waals surface area contributed by atoms with Crippen molar-refractivity contribution in [3.8, 4) is 0 Å². The normalized spacial score (nSPS) is 25.7. The standard InChI is InChI=1S/C10H17NO/c12-10(9-6-11-7-9)5-8-3-1-2-4-8/h8-9,11H,1-7H2. The van der Waals surface area contributed by atoms with Gasteiger partial charge in [0, 0.05) is 25.4 Å². The van der Waals surface area contributed by atoms with Crippen LogP contribution in [0.1, 0.15) is 32.1 Å². The maximum absolute atomic E-state index is 11.5. The van der Waals surface area contributed by atoms with E-state index in [0.29, 0.717) is 11.7 Å². The fourth-order valence-electron chi connectivity index (χ4n) is 2.18. The van der Waals surface area contributed by atoms with E-state index in [9.17, 15) is 4.79 Å². The maximum atomic E-state index is 11.5. The van der Waals surface area contributed by atoms with Gasteiger partial charge < -0.3 is 5.32 Å². The number of carbonyl (C=O) groups is 1. The van der Waals surface area contributed by atoms with Crippen molar-refractivity contribution in [1.29, 1.82) is 0 Å². The number of hydrogen-bond acceptors (Lipinski definition) is 2. The van der Waals surface area contributed by atoms with E-state index in [4.69, 9.17) is 0 Å². The van der Waals surface area contributed by atoms with Crippen LogP contribution in [0, 0.1) is 11.8 Å². The number of ketones is 1. The summed E-state index contributed by atoms with van der Waals surface area (Å²) < 4.78 is 0. The molecule has 0 amide bonds. The Kier molecular flexibility index (Phi) is 2.45. The van der Waals surface area contributed by atoms with Gasteiger partial charge in [0.05, 0.1) is 0 Å². The number of nitrogens with one attached hydrogen (secondary N) is 1. The molecule has 1 saturated heterocycles. The molecule has 0 bridgehead atoms. The van der Waals surface area contributed by atoms with E-state index in [-0.39, 0.29) is 0 Å². The Hall–Kier alpha value is -0.370. The summed E-state index contributed by atoms with van der Waals surface area (Å²) in [6.45, 7) is 1.87. The van der Waals surface area contributed by atoms with E-state index in [1.165, 1.54) is 25.7 Å². The molecular formula is C10H17NO. The number of rotatable bonds is 3. The molecule has 1 heterocycles. The third-order valence-corrected chi connectivity index (χ3v) is 3.20. The molecule has 0 aromatic carbocycles. The fraction of sp³-hybridized carbons (Fsp3) is 0.900. The molecule has 0 atom stereocenters. The van der Waals surface area contributed by atoms with E-state index in [1.54, 1.807) is 0 Å². The van der Waals surface area contributed by atoms with Crippen molar-refractivity contribution in [1.82, 2.24) is 5.32 Å². The third kappa shape index (κ3) is 1.69. The van der Waals surface area contributed by atoms with Gasteiger partial charge >= 0.3 is 0 Å². The van der Waals surface area contributed by atoms with Crippen LogP contribution in [0.4, 0.5) is 0 Å². The van der Waals surface area contributed by atoms with Crippen LogP contribution in [0.15, 0.2) is 0 Å². The highest BCUT2D eigenvalue weighted by molar-refractivity contribution is 5.82. The number of Topliss-reactive ketones (excluding diaryl/α,β-unsaturated/α-hetero) is 1. The maximum Gasteiger partial charge on any atom is 0.138 e. The van der Waals surface area contributed by atoms with Crippen molar-refractivity contribution < 1.29 is 4.79 Å². The highest BCUT2D eigenvalue weighted by Gasteiger charge is 2.27. The Bertz CT molecular complexity index is 169. The summed E-state index contributed by atoms with van der Waals surface area (Å²) >= 11 is 0. The van der Waals surface area contributed by atoms with Crippen molar-refractivity contribution >= 4 is 5.78 Å². The zero-order valence-electron chi connectivity index (χ0n) is 7.51. The van der Waals surface area contributed by atoms with Crippen molar-refractivity contribution in [2.75, 3.05) is 13.1 Å². The first kappa shape index (κ1) is 8.24. The van der Waals surface area contributed by atoms with Gasteiger partial charge in [-0.25, -0.2) is 0 Å². The Morgan fingerprint density at radius 1 is 1.25 bits per heavy atom. The van der Waals surface area contributed by atoms with Gasteiger partial charge in [-0.2, -0.15) is 0 Å². The summed E-state index contributed by atoms with van der Waals surface area (Å²) in [7, 11) is 0. The van der Waals surface area contributed by atoms with Gasteiger partial charge in [-0.05, 0) is 5.92 Å². The second-order valence-corrected chi connectivity index (χ2v) is 4.18. The molecule has 2 fully saturated rings. The van der Waals surface area contributed by atoms with E-state index >= 15 is 0 Å². The molecule has 2 rings (SSSR count). The predicted molar refractivity (Wildman–Crippen MR) is 47.9 cm³/mol. The van der Waals surface area contributed by atoms with Crippen LogP contribution < -0.4 is 5.32 Å². The molecule has 2 aliphatic rings. The van der Waals surface area contributed by atoms with Crippen LogP contribution in [0.3, 0.4) is 0 Å². The van der Waals surface area contributed by atoms with E-state index in [0.717, 1.165) is 25.4 Å². The van der Waals surface area contributed by atoms with E-state index in [1.807, 2.05) is 0 Å². The minimum absolute atomic E-state index is 0.366. The van der Waals surface area contributed by atoms with E-state index < -0.39 is 0 Å². The first-order valence-electron chi connectivity index (χ1n) is 5.09. The first-order chi connectivity index (χ1) is 5.86. The zero-order valence-corrected chi connectivity index (χ0v) is 7.51. The van der Waals surface area contributed by atoms with Gasteiger partial charge in [0.2, 0.25) is 0 Å². The summed E-state index contributed by atoms with van der Waals surface area (Å²) in [4.78, 5) is 11.5. The lowest BCUT2D eigenvalue weighted by atomic mass is 9.90. The molecule has 1 saturated carbocycles. The molecular weight excluding hydrogens is 150 g/mol. The molecule has 0 spiro atoms. The minimum atomic E-state index is 0.366. The topological polar surface area (TPSA) is 29.1 Å². The highest BCUT2D eigenvalue weighted by atomic mass is 16.1. The van der Waals surface area contributed by atoms with E-state index in [2.05, 4.69) is 5.32 Å². The van der Waals surface area contributed by atoms with Gasteiger partial charge in [-0.15, -0.1) is 0 Å². The lowest BCUT2D eigenvalue weighted by Crippen LogP contribution is -2.46. The second-order valence-electron chi connectivity index (χ2n) is 4.18. The molecule has 1 N–H and O–H groups in total. The van der Waals surface area contributed by atoms with Gasteiger partial charge in [-0.1, -0.05) is 25.7 Å². The Morgan fingerprint density at radius 3 is 2.42 bits per heavy atom. The Balaban J connectivity index is 1.73. The summed E-state index contributed by atoms with van der Waals surface area (Å²) in [5.41, 5.74) is 0. The smallest absolute Gasteiger partial charge is 0.138 e. The van der Waals surface area contributed by atoms with Crippen LogP contribution in [0.2, 0.25) is 0 Å². The first-order valence-corrected chi connectivity index (χ1v) is 5.09. The minimum Gasteiger partial charge on any atom is -0.315 e. The van der Waals surface area contributed by atoms with Crippen LogP contribution in [0.25, 0.3) is 0 Å². The van der Waals surface area contributed by atoms with Crippen LogP contribution in [0.5, 0.6) is 0 Å². The van der Waals surface area contributed by atoms with Crippen molar-refractivity contribution in [2.45, 2.75) is 32.1 Å². The molecule has 0 unspecified atom stereocenters. The summed E-state index contributed by atoms with van der Waals surface area (Å²) in [5.74, 6) is 1.62. The summed E-state index contributed by atoms with van der Waals surface area (Å²) in [6.07, 6.45) is 6.16. The molecule has 1 aliphatic heterocycles. The van der Waals surface area contributed by atoms with Crippen molar-refractivity contribution in [3.63, 3.8) is 0 Å². The summed E-state index contributed by atoms with van der Waals surface area (Å²) in [6, 6.07) is 0. The number of hydrogen-bond donors (Lipinski definition) is 1. The zero-order chi connectivity index (χ0) is 8.39. The average Bonchev–Trinajstić information content (AvgIpc) is 2.34. The Labute approximate surface area is 73.7 Å². The molecule has 2 heteroatoms. The van der Waals surface area contributed by atoms with Gasteiger partial charge in [-0.3, -0.25) is 4.79 Å². The molecule has 2 nitrogen and oxygen atoms in total. The third-order valence-electron chi connectivity index (χ3n) is 3.20. The van der Waals surface area contributed by atoms with Gasteiger partial charge in [0.15, 0.2) is 0 Å². The van der Waals surface area contributed by atoms with Gasteiger partial charge in [0.1, 0.15) is 5.78 Å². The second kappa shape index (κ2) is 3.56. The van der Waals surface area contributed by atoms with Crippen molar-refractivity contribution in [2.24, 2.45) is 11.8 Å². The lowest BCUT2D eigenvalue weighted by Gasteiger charge is -2.26. The van der Waals surface area contributed by atoms with Crippen LogP contribution in [-0.2, 0) is 4.79 Å². The predicted octanol–water partition coefficient (Wildman–Crippen LogP) is 1.36. The average molecular weight is 167 g/mol.